The van der Waals surface area contributed by atoms with E-state index in [0.29, 0.717) is 12.5 Å². The number of Topliss-reactive ketones (excluding diaryl/α,β-unsaturated/α-hetero) is 1. The fourth-order valence-electron chi connectivity index (χ4n) is 1.86. The van der Waals surface area contributed by atoms with E-state index in [1.165, 1.54) is 0 Å². The van der Waals surface area contributed by atoms with E-state index in [4.69, 9.17) is 9.47 Å². The number of ether oxygens (including phenoxy) is 2. The molecule has 1 fully saturated rings. The number of carbonyl (C=O) groups is 1. The van der Waals surface area contributed by atoms with Gasteiger partial charge >= 0.3 is 0 Å². The van der Waals surface area contributed by atoms with Gasteiger partial charge in [-0.1, -0.05) is 6.92 Å². The molecule has 14 heavy (non-hydrogen) atoms. The van der Waals surface area contributed by atoms with E-state index in [1.807, 2.05) is 6.92 Å². The van der Waals surface area contributed by atoms with Crippen LogP contribution in [0.25, 0.3) is 0 Å². The van der Waals surface area contributed by atoms with Crippen molar-refractivity contribution in [2.75, 3.05) is 13.7 Å². The molecule has 1 aliphatic heterocycles. The lowest BCUT2D eigenvalue weighted by Crippen LogP contribution is -2.23. The van der Waals surface area contributed by atoms with E-state index in [9.17, 15) is 4.79 Å². The van der Waals surface area contributed by atoms with Crippen LogP contribution in [-0.4, -0.2) is 31.7 Å². The van der Waals surface area contributed by atoms with E-state index < -0.39 is 0 Å². The van der Waals surface area contributed by atoms with Crippen LogP contribution in [0, 0.1) is 0 Å². The lowest BCUT2D eigenvalue weighted by atomic mass is 10.0. The maximum atomic E-state index is 11.6. The summed E-state index contributed by atoms with van der Waals surface area (Å²) in [7, 11) is 1.60. The van der Waals surface area contributed by atoms with Gasteiger partial charge in [0, 0.05) is 20.1 Å². The second-order valence-electron chi connectivity index (χ2n) is 3.77. The molecule has 82 valence electrons. The van der Waals surface area contributed by atoms with Crippen molar-refractivity contribution in [2.24, 2.45) is 0 Å². The van der Waals surface area contributed by atoms with E-state index in [-0.39, 0.29) is 11.9 Å². The third-order valence-electron chi connectivity index (χ3n) is 2.75. The maximum absolute atomic E-state index is 11.6. The number of hydrogen-bond acceptors (Lipinski definition) is 3. The van der Waals surface area contributed by atoms with Gasteiger partial charge in [0.05, 0.1) is 6.10 Å². The summed E-state index contributed by atoms with van der Waals surface area (Å²) < 4.78 is 10.5. The van der Waals surface area contributed by atoms with E-state index in [1.54, 1.807) is 7.11 Å². The zero-order valence-electron chi connectivity index (χ0n) is 9.12. The highest BCUT2D eigenvalue weighted by Gasteiger charge is 2.20. The monoisotopic (exact) mass is 200 g/mol. The van der Waals surface area contributed by atoms with Gasteiger partial charge in [-0.3, -0.25) is 4.79 Å². The molecule has 0 bridgehead atoms. The number of ketones is 1. The Morgan fingerprint density at radius 1 is 1.64 bits per heavy atom. The molecular formula is C11H20O3. The molecule has 0 aromatic carbocycles. The Kier molecular flexibility index (Phi) is 5.12. The minimum absolute atomic E-state index is 0.212. The van der Waals surface area contributed by atoms with Gasteiger partial charge < -0.3 is 9.47 Å². The fourth-order valence-corrected chi connectivity index (χ4v) is 1.86. The Bertz CT molecular complexity index is 169. The standard InChI is InChI=1S/C11H20O3/c1-3-11(13-2)10(12)7-6-9-5-4-8-14-9/h9,11H,3-8H2,1-2H3. The average Bonchev–Trinajstić information content (AvgIpc) is 2.69. The molecule has 3 heteroatoms. The third-order valence-corrected chi connectivity index (χ3v) is 2.75. The summed E-state index contributed by atoms with van der Waals surface area (Å²) in [5.74, 6) is 0.213. The van der Waals surface area contributed by atoms with Gasteiger partial charge in [0.15, 0.2) is 5.78 Å². The van der Waals surface area contributed by atoms with Crippen LogP contribution in [-0.2, 0) is 14.3 Å². The molecule has 1 aliphatic rings. The Hall–Kier alpha value is -0.410. The molecule has 2 atom stereocenters. The van der Waals surface area contributed by atoms with Gasteiger partial charge in [-0.15, -0.1) is 0 Å². The summed E-state index contributed by atoms with van der Waals surface area (Å²) in [6, 6.07) is 0. The van der Waals surface area contributed by atoms with Crippen LogP contribution in [0.15, 0.2) is 0 Å². The maximum Gasteiger partial charge on any atom is 0.161 e. The molecule has 1 rings (SSSR count). The first-order valence-electron chi connectivity index (χ1n) is 5.45. The molecule has 0 saturated carbocycles. The van der Waals surface area contributed by atoms with Crippen molar-refractivity contribution in [3.63, 3.8) is 0 Å². The van der Waals surface area contributed by atoms with Crippen LogP contribution in [0.4, 0.5) is 0 Å². The van der Waals surface area contributed by atoms with Crippen molar-refractivity contribution < 1.29 is 14.3 Å². The van der Waals surface area contributed by atoms with Crippen molar-refractivity contribution in [3.8, 4) is 0 Å². The van der Waals surface area contributed by atoms with Crippen molar-refractivity contribution in [1.82, 2.24) is 0 Å². The summed E-state index contributed by atoms with van der Waals surface area (Å²) in [5.41, 5.74) is 0. The van der Waals surface area contributed by atoms with Crippen LogP contribution in [0.1, 0.15) is 39.0 Å². The lowest BCUT2D eigenvalue weighted by molar-refractivity contribution is -0.129. The van der Waals surface area contributed by atoms with Gasteiger partial charge in [-0.25, -0.2) is 0 Å². The Labute approximate surface area is 85.8 Å². The largest absolute Gasteiger partial charge is 0.378 e. The number of hydrogen-bond donors (Lipinski definition) is 0. The predicted molar refractivity (Wildman–Crippen MR) is 54.3 cm³/mol. The number of methoxy groups -OCH3 is 1. The summed E-state index contributed by atoms with van der Waals surface area (Å²) in [6.07, 6.45) is 4.57. The Morgan fingerprint density at radius 2 is 2.43 bits per heavy atom. The van der Waals surface area contributed by atoms with E-state index in [0.717, 1.165) is 32.3 Å². The second-order valence-corrected chi connectivity index (χ2v) is 3.77. The Balaban J connectivity index is 2.18. The van der Waals surface area contributed by atoms with Crippen molar-refractivity contribution in [3.05, 3.63) is 0 Å². The van der Waals surface area contributed by atoms with Gasteiger partial charge in [-0.05, 0) is 25.7 Å². The van der Waals surface area contributed by atoms with Gasteiger partial charge in [-0.2, -0.15) is 0 Å². The molecule has 0 amide bonds. The smallest absolute Gasteiger partial charge is 0.161 e. The van der Waals surface area contributed by atoms with Crippen molar-refractivity contribution in [2.45, 2.75) is 51.2 Å². The lowest BCUT2D eigenvalue weighted by Gasteiger charge is -2.13. The Morgan fingerprint density at radius 3 is 2.93 bits per heavy atom. The quantitative estimate of drug-likeness (QED) is 0.657. The highest BCUT2D eigenvalue weighted by molar-refractivity contribution is 5.82. The molecule has 0 aliphatic carbocycles. The number of carbonyl (C=O) groups excluding carboxylic acids is 1. The molecule has 0 radical (unpaired) electrons. The molecule has 3 nitrogen and oxygen atoms in total. The average molecular weight is 200 g/mol. The number of rotatable bonds is 6. The molecule has 0 aromatic heterocycles. The molecule has 0 N–H and O–H groups in total. The predicted octanol–water partition coefficient (Wildman–Crippen LogP) is 1.94. The third kappa shape index (κ3) is 3.39. The summed E-state index contributed by atoms with van der Waals surface area (Å²) >= 11 is 0. The molecule has 0 spiro atoms. The van der Waals surface area contributed by atoms with Gasteiger partial charge in [0.25, 0.3) is 0 Å². The SMILES string of the molecule is CCC(OC)C(=O)CCC1CCCO1. The summed E-state index contributed by atoms with van der Waals surface area (Å²) in [6.45, 7) is 2.83. The molecular weight excluding hydrogens is 180 g/mol. The first-order valence-corrected chi connectivity index (χ1v) is 5.45. The molecule has 0 aromatic rings. The van der Waals surface area contributed by atoms with Crippen molar-refractivity contribution >= 4 is 5.78 Å². The zero-order chi connectivity index (χ0) is 10.4. The van der Waals surface area contributed by atoms with Crippen molar-refractivity contribution in [1.29, 1.82) is 0 Å². The second kappa shape index (κ2) is 6.14. The fraction of sp³-hybridized carbons (Fsp3) is 0.909. The van der Waals surface area contributed by atoms with Crippen LogP contribution < -0.4 is 0 Å². The highest BCUT2D eigenvalue weighted by atomic mass is 16.5. The first-order chi connectivity index (χ1) is 6.77. The first kappa shape index (κ1) is 11.7. The summed E-state index contributed by atoms with van der Waals surface area (Å²) in [4.78, 5) is 11.6. The zero-order valence-corrected chi connectivity index (χ0v) is 9.12. The summed E-state index contributed by atoms with van der Waals surface area (Å²) in [5, 5.41) is 0. The topological polar surface area (TPSA) is 35.5 Å². The van der Waals surface area contributed by atoms with Crippen LogP contribution in [0.5, 0.6) is 0 Å². The van der Waals surface area contributed by atoms with E-state index >= 15 is 0 Å². The van der Waals surface area contributed by atoms with Gasteiger partial charge in [0.2, 0.25) is 0 Å². The van der Waals surface area contributed by atoms with Crippen LogP contribution >= 0.6 is 0 Å². The highest BCUT2D eigenvalue weighted by Crippen LogP contribution is 2.17. The van der Waals surface area contributed by atoms with Crippen LogP contribution in [0.3, 0.4) is 0 Å². The van der Waals surface area contributed by atoms with Crippen LogP contribution in [0.2, 0.25) is 0 Å². The minimum atomic E-state index is -0.212. The van der Waals surface area contributed by atoms with Gasteiger partial charge in [0.1, 0.15) is 6.10 Å². The normalized spacial score (nSPS) is 23.7. The molecule has 1 saturated heterocycles. The minimum Gasteiger partial charge on any atom is -0.378 e. The van der Waals surface area contributed by atoms with E-state index in [2.05, 4.69) is 0 Å². The molecule has 2 unspecified atom stereocenters. The molecule has 1 heterocycles.